The van der Waals surface area contributed by atoms with Crippen molar-refractivity contribution in [1.82, 2.24) is 10.2 Å². The van der Waals surface area contributed by atoms with Gasteiger partial charge in [0, 0.05) is 23.2 Å². The van der Waals surface area contributed by atoms with Crippen LogP contribution in [0.5, 0.6) is 11.5 Å². The van der Waals surface area contributed by atoms with E-state index in [1.165, 1.54) is 11.6 Å². The van der Waals surface area contributed by atoms with Gasteiger partial charge in [-0.15, -0.1) is 0 Å². The second-order valence-corrected chi connectivity index (χ2v) is 10.4. The Labute approximate surface area is 242 Å². The summed E-state index contributed by atoms with van der Waals surface area (Å²) in [7, 11) is 5.31. The molecule has 0 spiro atoms. The number of hydrogen-bond acceptors (Lipinski definition) is 5. The number of nitrogens with one attached hydrogen (secondary N) is 2. The number of likely N-dealkylation sites (tertiary alicyclic amines) is 1. The SMILES string of the molecule is COc1ccc([C@@]23CC[C@@H](NC(=O)Nc4ccc(Cl)c(C(F)(F)F)c4)C[C@@H]2N(C)CC3)cc1OC.O=C(O)C(F)(F)F. The van der Waals surface area contributed by atoms with E-state index < -0.39 is 34.9 Å². The summed E-state index contributed by atoms with van der Waals surface area (Å²) >= 11 is 5.67. The first kappa shape index (κ1) is 33.1. The molecule has 3 atom stereocenters. The van der Waals surface area contributed by atoms with Crippen LogP contribution in [0.2, 0.25) is 5.02 Å². The predicted octanol–water partition coefficient (Wildman–Crippen LogP) is 6.33. The molecule has 1 saturated carbocycles. The molecule has 3 N–H and O–H groups in total. The average molecular weight is 626 g/mol. The van der Waals surface area contributed by atoms with Crippen molar-refractivity contribution in [2.24, 2.45) is 0 Å². The highest BCUT2D eigenvalue weighted by Gasteiger charge is 2.50. The zero-order valence-corrected chi connectivity index (χ0v) is 23.6. The van der Waals surface area contributed by atoms with Gasteiger partial charge in [-0.05, 0) is 75.2 Å². The fraction of sp³-hybridized carbons (Fsp3) is 0.481. The molecule has 2 aromatic carbocycles. The number of benzene rings is 2. The number of ether oxygens (including phenoxy) is 2. The third-order valence-electron chi connectivity index (χ3n) is 7.59. The van der Waals surface area contributed by atoms with E-state index >= 15 is 0 Å². The Hall–Kier alpha value is -3.39. The molecule has 2 fully saturated rings. The van der Waals surface area contributed by atoms with Crippen LogP contribution >= 0.6 is 11.6 Å². The number of hydrogen-bond donors (Lipinski definition) is 3. The van der Waals surface area contributed by atoms with E-state index in [9.17, 15) is 31.1 Å². The molecular formula is C27H30ClF6N3O5. The Bertz CT molecular complexity index is 1290. The van der Waals surface area contributed by atoms with Crippen LogP contribution in [0, 0.1) is 0 Å². The molecule has 42 heavy (non-hydrogen) atoms. The fourth-order valence-corrected chi connectivity index (χ4v) is 5.79. The van der Waals surface area contributed by atoms with E-state index in [0.717, 1.165) is 44.4 Å². The lowest BCUT2D eigenvalue weighted by Crippen LogP contribution is -2.52. The molecule has 1 aliphatic heterocycles. The maximum Gasteiger partial charge on any atom is 0.490 e. The molecule has 1 heterocycles. The number of alkyl halides is 6. The number of urea groups is 1. The van der Waals surface area contributed by atoms with E-state index in [1.54, 1.807) is 14.2 Å². The van der Waals surface area contributed by atoms with E-state index in [2.05, 4.69) is 28.6 Å². The molecule has 4 rings (SSSR count). The molecule has 1 saturated heterocycles. The van der Waals surface area contributed by atoms with E-state index in [-0.39, 0.29) is 23.2 Å². The smallest absolute Gasteiger partial charge is 0.490 e. The topological polar surface area (TPSA) is 100 Å². The Morgan fingerprint density at radius 2 is 1.67 bits per heavy atom. The third-order valence-corrected chi connectivity index (χ3v) is 7.92. The van der Waals surface area contributed by atoms with Crippen LogP contribution in [-0.4, -0.2) is 68.1 Å². The van der Waals surface area contributed by atoms with Crippen molar-refractivity contribution < 1.29 is 50.5 Å². The minimum atomic E-state index is -5.08. The molecule has 2 aliphatic rings. The lowest BCUT2D eigenvalue weighted by Gasteiger charge is -2.45. The number of aliphatic carboxylic acids is 1. The number of fused-ring (bicyclic) bond motifs is 1. The van der Waals surface area contributed by atoms with Crippen molar-refractivity contribution in [3.63, 3.8) is 0 Å². The van der Waals surface area contributed by atoms with E-state index in [4.69, 9.17) is 31.0 Å². The van der Waals surface area contributed by atoms with Gasteiger partial charge >= 0.3 is 24.4 Å². The largest absolute Gasteiger partial charge is 0.493 e. The standard InChI is InChI=1S/C25H29ClF3N3O3.C2HF3O2/c1-32-11-10-24(15-4-7-20(34-2)21(12-15)35-3)9-8-17(14-22(24)32)31-23(33)30-16-5-6-19(26)18(13-16)25(27,28)29;3-2(4,5)1(6)7/h4-7,12-13,17,22H,8-11,14H2,1-3H3,(H2,30,31,33);(H,6,7)/t17-,22+,24+;/m1./s1. The third kappa shape index (κ3) is 7.51. The summed E-state index contributed by atoms with van der Waals surface area (Å²) in [6.45, 7) is 0.933. The van der Waals surface area contributed by atoms with Gasteiger partial charge in [-0.2, -0.15) is 26.3 Å². The maximum absolute atomic E-state index is 13.1. The van der Waals surface area contributed by atoms with Crippen molar-refractivity contribution in [3.8, 4) is 11.5 Å². The number of carbonyl (C=O) groups is 2. The number of rotatable bonds is 5. The average Bonchev–Trinajstić information content (AvgIpc) is 3.25. The van der Waals surface area contributed by atoms with Gasteiger partial charge in [-0.3, -0.25) is 0 Å². The summed E-state index contributed by atoms with van der Waals surface area (Å²) in [4.78, 5) is 23.8. The zero-order chi connectivity index (χ0) is 31.5. The molecule has 2 amide bonds. The first-order valence-electron chi connectivity index (χ1n) is 12.7. The Kier molecular flexibility index (Phi) is 10.1. The fourth-order valence-electron chi connectivity index (χ4n) is 5.57. The number of halogens is 7. The Balaban J connectivity index is 0.000000616. The summed E-state index contributed by atoms with van der Waals surface area (Å²) in [5.74, 6) is -1.39. The number of nitrogens with zero attached hydrogens (tertiary/aromatic N) is 1. The molecule has 0 radical (unpaired) electrons. The Morgan fingerprint density at radius 1 is 1.02 bits per heavy atom. The molecule has 8 nitrogen and oxygen atoms in total. The van der Waals surface area contributed by atoms with Crippen LogP contribution in [-0.2, 0) is 16.4 Å². The second-order valence-electron chi connectivity index (χ2n) is 10.0. The van der Waals surface area contributed by atoms with E-state index in [1.807, 2.05) is 12.1 Å². The van der Waals surface area contributed by atoms with Crippen molar-refractivity contribution in [3.05, 3.63) is 52.5 Å². The lowest BCUT2D eigenvalue weighted by atomic mass is 9.65. The monoisotopic (exact) mass is 625 g/mol. The molecule has 1 aliphatic carbocycles. The second kappa shape index (κ2) is 12.9. The highest BCUT2D eigenvalue weighted by Crippen LogP contribution is 2.50. The molecule has 15 heteroatoms. The van der Waals surface area contributed by atoms with Crippen LogP contribution in [0.1, 0.15) is 36.8 Å². The minimum Gasteiger partial charge on any atom is -0.493 e. The summed E-state index contributed by atoms with van der Waals surface area (Å²) < 4.78 is 82.1. The number of carbonyl (C=O) groups excluding carboxylic acids is 1. The van der Waals surface area contributed by atoms with E-state index in [0.29, 0.717) is 11.5 Å². The van der Waals surface area contributed by atoms with Crippen LogP contribution < -0.4 is 20.1 Å². The number of methoxy groups -OCH3 is 2. The van der Waals surface area contributed by atoms with Crippen molar-refractivity contribution in [2.45, 2.75) is 55.5 Å². The van der Waals surface area contributed by atoms with Gasteiger partial charge in [0.1, 0.15) is 0 Å². The molecule has 0 bridgehead atoms. The normalized spacial score (nSPS) is 22.3. The van der Waals surface area contributed by atoms with Crippen molar-refractivity contribution in [1.29, 1.82) is 0 Å². The number of carboxylic acid groups (broad SMARTS) is 1. The van der Waals surface area contributed by atoms with Gasteiger partial charge in [0.15, 0.2) is 11.5 Å². The first-order chi connectivity index (χ1) is 19.5. The Morgan fingerprint density at radius 3 is 2.24 bits per heavy atom. The number of likely N-dealkylation sites (N-methyl/N-ethyl adjacent to an activating group) is 1. The van der Waals surface area contributed by atoms with Gasteiger partial charge in [-0.25, -0.2) is 9.59 Å². The number of carboxylic acids is 1. The van der Waals surface area contributed by atoms with Gasteiger partial charge in [-0.1, -0.05) is 17.7 Å². The van der Waals surface area contributed by atoms with Crippen molar-refractivity contribution in [2.75, 3.05) is 33.1 Å². The molecule has 0 aromatic heterocycles. The van der Waals surface area contributed by atoms with Gasteiger partial charge in [0.25, 0.3) is 0 Å². The van der Waals surface area contributed by atoms with Crippen LogP contribution in [0.25, 0.3) is 0 Å². The maximum atomic E-state index is 13.1. The zero-order valence-electron chi connectivity index (χ0n) is 22.8. The van der Waals surface area contributed by atoms with Gasteiger partial charge < -0.3 is 30.1 Å². The summed E-state index contributed by atoms with van der Waals surface area (Å²) in [5, 5.41) is 12.2. The molecule has 0 unspecified atom stereocenters. The minimum absolute atomic E-state index is 0.0349. The highest BCUT2D eigenvalue weighted by molar-refractivity contribution is 6.31. The first-order valence-corrected chi connectivity index (χ1v) is 13.1. The predicted molar refractivity (Wildman–Crippen MR) is 142 cm³/mol. The van der Waals surface area contributed by atoms with Crippen LogP contribution in [0.3, 0.4) is 0 Å². The molecule has 232 valence electrons. The number of amides is 2. The van der Waals surface area contributed by atoms with Gasteiger partial charge in [0.05, 0.1) is 24.8 Å². The molecular weight excluding hydrogens is 596 g/mol. The summed E-state index contributed by atoms with van der Waals surface area (Å²) in [6, 6.07) is 8.94. The van der Waals surface area contributed by atoms with Crippen molar-refractivity contribution >= 4 is 29.3 Å². The highest BCUT2D eigenvalue weighted by atomic mass is 35.5. The van der Waals surface area contributed by atoms with Crippen LogP contribution in [0.4, 0.5) is 36.8 Å². The van der Waals surface area contributed by atoms with Gasteiger partial charge in [0.2, 0.25) is 0 Å². The number of anilines is 1. The molecule has 2 aromatic rings. The summed E-state index contributed by atoms with van der Waals surface area (Å²) in [5.41, 5.74) is 0.170. The lowest BCUT2D eigenvalue weighted by molar-refractivity contribution is -0.192. The summed E-state index contributed by atoms with van der Waals surface area (Å²) in [6.07, 6.45) is -6.35. The quantitative estimate of drug-likeness (QED) is 0.336. The van der Waals surface area contributed by atoms with Crippen LogP contribution in [0.15, 0.2) is 36.4 Å².